The number of anilines is 2. The maximum absolute atomic E-state index is 13.6. The SMILES string of the molecule is CC1CC(C)CN(c2cc(NCCN(C)C)c3c4c(onc24)-c2ccccc2C3=O)C1. The molecule has 0 radical (unpaired) electrons. The van der Waals surface area contributed by atoms with Crippen molar-refractivity contribution in [3.63, 3.8) is 0 Å². The van der Waals surface area contributed by atoms with E-state index in [9.17, 15) is 4.79 Å². The Morgan fingerprint density at radius 1 is 1.16 bits per heavy atom. The predicted octanol–water partition coefficient (Wildman–Crippen LogP) is 4.50. The van der Waals surface area contributed by atoms with Crippen molar-refractivity contribution in [2.75, 3.05) is 50.5 Å². The Hall–Kier alpha value is -2.86. The number of hydrogen-bond acceptors (Lipinski definition) is 6. The zero-order chi connectivity index (χ0) is 21.7. The average molecular weight is 419 g/mol. The number of fused-ring (bicyclic) bond motifs is 2. The molecule has 2 heterocycles. The largest absolute Gasteiger partial charge is 0.383 e. The number of likely N-dealkylation sites (N-methyl/N-ethyl adjacent to an activating group) is 1. The van der Waals surface area contributed by atoms with Gasteiger partial charge >= 0.3 is 0 Å². The fraction of sp³-hybridized carbons (Fsp3) is 0.440. The number of carbonyl (C=O) groups excluding carboxylic acids is 1. The number of aromatic nitrogens is 1. The Morgan fingerprint density at radius 3 is 2.58 bits per heavy atom. The van der Waals surface area contributed by atoms with Gasteiger partial charge in [0.15, 0.2) is 11.5 Å². The Bertz CT molecular complexity index is 1140. The molecule has 1 aliphatic heterocycles. The van der Waals surface area contributed by atoms with Crippen molar-refractivity contribution >= 4 is 28.1 Å². The van der Waals surface area contributed by atoms with E-state index in [4.69, 9.17) is 4.52 Å². The second-order valence-electron chi connectivity index (χ2n) is 9.51. The zero-order valence-corrected chi connectivity index (χ0v) is 18.7. The van der Waals surface area contributed by atoms with Crippen LogP contribution in [0.3, 0.4) is 0 Å². The highest BCUT2D eigenvalue weighted by atomic mass is 16.5. The van der Waals surface area contributed by atoms with Gasteiger partial charge < -0.3 is 19.6 Å². The van der Waals surface area contributed by atoms with Crippen molar-refractivity contribution < 1.29 is 9.32 Å². The molecule has 1 aliphatic carbocycles. The number of nitrogens with zero attached hydrogens (tertiary/aromatic N) is 3. The molecule has 2 unspecified atom stereocenters. The molecule has 31 heavy (non-hydrogen) atoms. The van der Waals surface area contributed by atoms with Gasteiger partial charge in [0.2, 0.25) is 0 Å². The normalized spacial score (nSPS) is 20.4. The molecule has 162 valence electrons. The van der Waals surface area contributed by atoms with Crippen molar-refractivity contribution in [2.45, 2.75) is 20.3 Å². The topological polar surface area (TPSA) is 61.6 Å². The van der Waals surface area contributed by atoms with E-state index in [0.29, 0.717) is 28.7 Å². The molecule has 1 aromatic heterocycles. The summed E-state index contributed by atoms with van der Waals surface area (Å²) in [6.45, 7) is 8.23. The summed E-state index contributed by atoms with van der Waals surface area (Å²) >= 11 is 0. The summed E-state index contributed by atoms with van der Waals surface area (Å²) in [6, 6.07) is 9.79. The van der Waals surface area contributed by atoms with Gasteiger partial charge in [0.1, 0.15) is 5.52 Å². The zero-order valence-electron chi connectivity index (χ0n) is 18.7. The number of carbonyl (C=O) groups is 1. The lowest BCUT2D eigenvalue weighted by atomic mass is 9.85. The van der Waals surface area contributed by atoms with Crippen LogP contribution >= 0.6 is 0 Å². The van der Waals surface area contributed by atoms with Gasteiger partial charge in [-0.3, -0.25) is 4.79 Å². The van der Waals surface area contributed by atoms with Gasteiger partial charge in [0.05, 0.1) is 16.6 Å². The molecule has 1 N–H and O–H groups in total. The molecule has 0 saturated carbocycles. The predicted molar refractivity (Wildman–Crippen MR) is 125 cm³/mol. The third-order valence-corrected chi connectivity index (χ3v) is 6.46. The van der Waals surface area contributed by atoms with Crippen LogP contribution in [0.5, 0.6) is 0 Å². The Balaban J connectivity index is 1.70. The number of benzene rings is 2. The molecule has 0 amide bonds. The van der Waals surface area contributed by atoms with Gasteiger partial charge in [0.25, 0.3) is 0 Å². The van der Waals surface area contributed by atoms with Crippen LogP contribution < -0.4 is 10.2 Å². The molecular formula is C25H30N4O2. The van der Waals surface area contributed by atoms with Crippen LogP contribution in [0.1, 0.15) is 36.2 Å². The van der Waals surface area contributed by atoms with Gasteiger partial charge in [0, 0.05) is 43.0 Å². The third kappa shape index (κ3) is 3.39. The molecule has 3 aromatic rings. The molecule has 6 heteroatoms. The summed E-state index contributed by atoms with van der Waals surface area (Å²) in [5, 5.41) is 8.88. The van der Waals surface area contributed by atoms with Crippen LogP contribution in [0.25, 0.3) is 22.2 Å². The minimum absolute atomic E-state index is 0.0376. The highest BCUT2D eigenvalue weighted by Crippen LogP contribution is 2.46. The van der Waals surface area contributed by atoms with Gasteiger partial charge in [-0.05, 0) is 38.4 Å². The first-order chi connectivity index (χ1) is 14.9. The molecule has 0 spiro atoms. The maximum Gasteiger partial charge on any atom is 0.196 e. The minimum atomic E-state index is 0.0376. The quantitative estimate of drug-likeness (QED) is 0.515. The van der Waals surface area contributed by atoms with E-state index in [0.717, 1.165) is 54.0 Å². The molecule has 0 bridgehead atoms. The summed E-state index contributed by atoms with van der Waals surface area (Å²) in [5.41, 5.74) is 4.93. The van der Waals surface area contributed by atoms with Gasteiger partial charge in [-0.1, -0.05) is 43.3 Å². The molecule has 1 fully saturated rings. The fourth-order valence-corrected chi connectivity index (χ4v) is 5.20. The van der Waals surface area contributed by atoms with Crippen LogP contribution in [0.2, 0.25) is 0 Å². The lowest BCUT2D eigenvalue weighted by Crippen LogP contribution is -2.39. The van der Waals surface area contributed by atoms with Gasteiger partial charge in [-0.2, -0.15) is 0 Å². The standard InChI is InChI=1S/C25H30N4O2/c1-15-11-16(2)14-29(13-15)20-12-19(26-9-10-28(3)4)21-22-23(20)27-31-25(22)18-8-6-5-7-17(18)24(21)30/h5-8,12,15-16,26H,9-11,13-14H2,1-4H3. The average Bonchev–Trinajstić information content (AvgIpc) is 3.16. The van der Waals surface area contributed by atoms with E-state index in [-0.39, 0.29) is 5.78 Å². The summed E-state index contributed by atoms with van der Waals surface area (Å²) in [7, 11) is 4.10. The van der Waals surface area contributed by atoms with Crippen molar-refractivity contribution in [1.82, 2.24) is 10.1 Å². The Kier molecular flexibility index (Phi) is 4.97. The number of rotatable bonds is 5. The maximum atomic E-state index is 13.6. The molecular weight excluding hydrogens is 388 g/mol. The molecule has 2 atom stereocenters. The lowest BCUT2D eigenvalue weighted by Gasteiger charge is -2.37. The van der Waals surface area contributed by atoms with E-state index >= 15 is 0 Å². The van der Waals surface area contributed by atoms with E-state index < -0.39 is 0 Å². The van der Waals surface area contributed by atoms with Crippen molar-refractivity contribution in [3.05, 3.63) is 41.5 Å². The van der Waals surface area contributed by atoms with Crippen LogP contribution in [0.15, 0.2) is 34.9 Å². The van der Waals surface area contributed by atoms with Gasteiger partial charge in [-0.25, -0.2) is 0 Å². The smallest absolute Gasteiger partial charge is 0.196 e. The molecule has 2 aliphatic rings. The second kappa shape index (κ2) is 7.68. The van der Waals surface area contributed by atoms with E-state index in [1.54, 1.807) is 0 Å². The van der Waals surface area contributed by atoms with Crippen molar-refractivity contribution in [1.29, 1.82) is 0 Å². The summed E-state index contributed by atoms with van der Waals surface area (Å²) < 4.78 is 5.89. The summed E-state index contributed by atoms with van der Waals surface area (Å²) in [5.74, 6) is 1.97. The first kappa shape index (κ1) is 20.1. The molecule has 1 saturated heterocycles. The monoisotopic (exact) mass is 418 g/mol. The minimum Gasteiger partial charge on any atom is -0.383 e. The Morgan fingerprint density at radius 2 is 1.87 bits per heavy atom. The summed E-state index contributed by atoms with van der Waals surface area (Å²) in [4.78, 5) is 18.1. The van der Waals surface area contributed by atoms with Crippen LogP contribution in [0.4, 0.5) is 11.4 Å². The van der Waals surface area contributed by atoms with E-state index in [1.807, 2.05) is 24.3 Å². The van der Waals surface area contributed by atoms with Crippen LogP contribution in [0, 0.1) is 11.8 Å². The first-order valence-corrected chi connectivity index (χ1v) is 11.2. The number of nitrogens with one attached hydrogen (secondary N) is 1. The molecule has 6 nitrogen and oxygen atoms in total. The third-order valence-electron chi connectivity index (χ3n) is 6.46. The summed E-state index contributed by atoms with van der Waals surface area (Å²) in [6.07, 6.45) is 1.24. The number of hydrogen-bond donors (Lipinski definition) is 1. The van der Waals surface area contributed by atoms with Crippen molar-refractivity contribution in [2.24, 2.45) is 11.8 Å². The number of ketones is 1. The molecule has 5 rings (SSSR count). The van der Waals surface area contributed by atoms with Crippen LogP contribution in [-0.4, -0.2) is 56.1 Å². The van der Waals surface area contributed by atoms with Crippen molar-refractivity contribution in [3.8, 4) is 11.3 Å². The number of piperidine rings is 1. The second-order valence-corrected chi connectivity index (χ2v) is 9.51. The Labute approximate surface area is 183 Å². The van der Waals surface area contributed by atoms with Gasteiger partial charge in [-0.15, -0.1) is 0 Å². The van der Waals surface area contributed by atoms with Crippen LogP contribution in [-0.2, 0) is 0 Å². The molecule has 2 aromatic carbocycles. The highest BCUT2D eigenvalue weighted by molar-refractivity contribution is 6.28. The first-order valence-electron chi connectivity index (χ1n) is 11.2. The van der Waals surface area contributed by atoms with E-state index in [2.05, 4.69) is 54.3 Å². The lowest BCUT2D eigenvalue weighted by molar-refractivity contribution is 0.104. The highest BCUT2D eigenvalue weighted by Gasteiger charge is 2.34. The van der Waals surface area contributed by atoms with E-state index in [1.165, 1.54) is 6.42 Å². The fourth-order valence-electron chi connectivity index (χ4n) is 5.20.